The number of rotatable bonds is 3. The molecule has 2 aromatic rings. The van der Waals surface area contributed by atoms with Gasteiger partial charge in [-0.3, -0.25) is 0 Å². The van der Waals surface area contributed by atoms with Gasteiger partial charge < -0.3 is 9.47 Å². The number of aromatic nitrogens is 1. The van der Waals surface area contributed by atoms with Crippen LogP contribution >= 0.6 is 11.6 Å². The first-order valence-corrected chi connectivity index (χ1v) is 5.88. The second-order valence-electron chi connectivity index (χ2n) is 3.91. The molecule has 0 aliphatic rings. The van der Waals surface area contributed by atoms with Gasteiger partial charge >= 0.3 is 0 Å². The van der Waals surface area contributed by atoms with Gasteiger partial charge in [0.2, 0.25) is 5.88 Å². The number of pyridine rings is 1. The summed E-state index contributed by atoms with van der Waals surface area (Å²) in [7, 11) is 3.23. The Morgan fingerprint density at radius 2 is 1.78 bits per heavy atom. The first-order valence-electron chi connectivity index (χ1n) is 5.50. The minimum Gasteiger partial charge on any atom is -0.496 e. The zero-order valence-corrected chi connectivity index (χ0v) is 11.3. The molecule has 0 fully saturated rings. The molecule has 1 aromatic heterocycles. The van der Waals surface area contributed by atoms with Gasteiger partial charge in [0.25, 0.3) is 0 Å². The summed E-state index contributed by atoms with van der Waals surface area (Å²) >= 11 is 5.96. The molecule has 0 aliphatic carbocycles. The molecule has 0 bridgehead atoms. The zero-order valence-electron chi connectivity index (χ0n) is 10.5. The number of ether oxygens (including phenoxy) is 2. The quantitative estimate of drug-likeness (QED) is 0.791. The van der Waals surface area contributed by atoms with Crippen LogP contribution in [-0.4, -0.2) is 19.2 Å². The average Bonchev–Trinajstić information content (AvgIpc) is 2.37. The normalized spacial score (nSPS) is 10.2. The number of hydrogen-bond donors (Lipinski definition) is 0. The highest BCUT2D eigenvalue weighted by Gasteiger charge is 2.06. The van der Waals surface area contributed by atoms with Gasteiger partial charge in [0.15, 0.2) is 0 Å². The maximum Gasteiger partial charge on any atom is 0.214 e. The molecule has 0 aliphatic heterocycles. The maximum absolute atomic E-state index is 5.96. The van der Waals surface area contributed by atoms with E-state index in [-0.39, 0.29) is 0 Å². The number of halogens is 1. The van der Waals surface area contributed by atoms with Crippen molar-refractivity contribution in [1.29, 1.82) is 0 Å². The van der Waals surface area contributed by atoms with Crippen LogP contribution in [-0.2, 0) is 0 Å². The lowest BCUT2D eigenvalue weighted by Crippen LogP contribution is -1.91. The Labute approximate surface area is 111 Å². The van der Waals surface area contributed by atoms with Crippen LogP contribution in [0.5, 0.6) is 11.6 Å². The van der Waals surface area contributed by atoms with Crippen molar-refractivity contribution in [3.8, 4) is 22.8 Å². The van der Waals surface area contributed by atoms with E-state index in [1.165, 1.54) is 0 Å². The fourth-order valence-electron chi connectivity index (χ4n) is 1.80. The predicted molar refractivity (Wildman–Crippen MR) is 72.5 cm³/mol. The highest BCUT2D eigenvalue weighted by Crippen LogP contribution is 2.29. The molecule has 18 heavy (non-hydrogen) atoms. The number of methoxy groups -OCH3 is 2. The number of hydrogen-bond acceptors (Lipinski definition) is 3. The lowest BCUT2D eigenvalue weighted by molar-refractivity contribution is 0.398. The van der Waals surface area contributed by atoms with Crippen LogP contribution in [0.15, 0.2) is 30.3 Å². The molecule has 0 spiro atoms. The van der Waals surface area contributed by atoms with E-state index < -0.39 is 0 Å². The van der Waals surface area contributed by atoms with Crippen molar-refractivity contribution in [2.24, 2.45) is 0 Å². The third kappa shape index (κ3) is 2.57. The molecule has 1 aromatic carbocycles. The second-order valence-corrected chi connectivity index (χ2v) is 4.29. The molecule has 0 amide bonds. The topological polar surface area (TPSA) is 31.4 Å². The monoisotopic (exact) mass is 263 g/mol. The third-order valence-electron chi connectivity index (χ3n) is 2.71. The van der Waals surface area contributed by atoms with Gasteiger partial charge in [0.05, 0.1) is 14.2 Å². The Hall–Kier alpha value is -1.74. The maximum atomic E-state index is 5.96. The van der Waals surface area contributed by atoms with E-state index in [9.17, 15) is 0 Å². The van der Waals surface area contributed by atoms with Crippen molar-refractivity contribution in [3.63, 3.8) is 0 Å². The van der Waals surface area contributed by atoms with E-state index >= 15 is 0 Å². The van der Waals surface area contributed by atoms with Crippen LogP contribution in [0.3, 0.4) is 0 Å². The Morgan fingerprint density at radius 3 is 2.39 bits per heavy atom. The summed E-state index contributed by atoms with van der Waals surface area (Å²) in [5, 5.41) is 0.415. The van der Waals surface area contributed by atoms with Gasteiger partial charge in [-0.15, -0.1) is 0 Å². The molecular weight excluding hydrogens is 250 g/mol. The molecule has 4 heteroatoms. The zero-order chi connectivity index (χ0) is 13.1. The summed E-state index contributed by atoms with van der Waals surface area (Å²) in [5.41, 5.74) is 3.09. The Balaban J connectivity index is 2.48. The lowest BCUT2D eigenvalue weighted by atomic mass is 10.0. The van der Waals surface area contributed by atoms with E-state index in [2.05, 4.69) is 4.98 Å². The molecule has 0 atom stereocenters. The summed E-state index contributed by atoms with van der Waals surface area (Å²) in [6, 6.07) is 9.63. The molecular formula is C14H14ClNO2. The highest BCUT2D eigenvalue weighted by molar-refractivity contribution is 6.29. The summed E-state index contributed by atoms with van der Waals surface area (Å²) in [5.74, 6) is 1.37. The molecule has 0 radical (unpaired) electrons. The lowest BCUT2D eigenvalue weighted by Gasteiger charge is -2.09. The Morgan fingerprint density at radius 1 is 1.00 bits per heavy atom. The Kier molecular flexibility index (Phi) is 3.72. The SMILES string of the molecule is COc1cc(-c2ccc(OC)c(C)c2)cc(Cl)n1. The van der Waals surface area contributed by atoms with Gasteiger partial charge in [-0.25, -0.2) is 4.98 Å². The fraction of sp³-hybridized carbons (Fsp3) is 0.214. The van der Waals surface area contributed by atoms with Crippen LogP contribution in [0, 0.1) is 6.92 Å². The third-order valence-corrected chi connectivity index (χ3v) is 2.90. The van der Waals surface area contributed by atoms with Crippen LogP contribution in [0.1, 0.15) is 5.56 Å². The minimum absolute atomic E-state index is 0.415. The number of nitrogens with zero attached hydrogens (tertiary/aromatic N) is 1. The van der Waals surface area contributed by atoms with Gasteiger partial charge in [-0.1, -0.05) is 17.7 Å². The molecule has 94 valence electrons. The summed E-state index contributed by atoms with van der Waals surface area (Å²) < 4.78 is 10.4. The molecule has 3 nitrogen and oxygen atoms in total. The largest absolute Gasteiger partial charge is 0.496 e. The van der Waals surface area contributed by atoms with Crippen molar-refractivity contribution >= 4 is 11.6 Å². The van der Waals surface area contributed by atoms with Gasteiger partial charge in [0.1, 0.15) is 10.9 Å². The van der Waals surface area contributed by atoms with E-state index in [1.807, 2.05) is 37.3 Å². The van der Waals surface area contributed by atoms with Crippen molar-refractivity contribution < 1.29 is 9.47 Å². The summed E-state index contributed by atoms with van der Waals surface area (Å²) in [6.07, 6.45) is 0. The fourth-order valence-corrected chi connectivity index (χ4v) is 2.00. The van der Waals surface area contributed by atoms with E-state index in [0.717, 1.165) is 22.4 Å². The summed E-state index contributed by atoms with van der Waals surface area (Å²) in [4.78, 5) is 4.05. The average molecular weight is 264 g/mol. The van der Waals surface area contributed by atoms with E-state index in [4.69, 9.17) is 21.1 Å². The van der Waals surface area contributed by atoms with Crippen molar-refractivity contribution in [1.82, 2.24) is 4.98 Å². The van der Waals surface area contributed by atoms with Crippen LogP contribution in [0.2, 0.25) is 5.15 Å². The smallest absolute Gasteiger partial charge is 0.214 e. The molecule has 0 unspecified atom stereocenters. The van der Waals surface area contributed by atoms with Crippen LogP contribution < -0.4 is 9.47 Å². The van der Waals surface area contributed by atoms with Crippen LogP contribution in [0.4, 0.5) is 0 Å². The second kappa shape index (κ2) is 5.27. The molecule has 1 heterocycles. The Bertz CT molecular complexity index is 570. The molecule has 0 N–H and O–H groups in total. The van der Waals surface area contributed by atoms with E-state index in [1.54, 1.807) is 14.2 Å². The first kappa shape index (κ1) is 12.7. The predicted octanol–water partition coefficient (Wildman–Crippen LogP) is 3.73. The van der Waals surface area contributed by atoms with Gasteiger partial charge in [-0.2, -0.15) is 0 Å². The highest BCUT2D eigenvalue weighted by atomic mass is 35.5. The van der Waals surface area contributed by atoms with Crippen molar-refractivity contribution in [2.45, 2.75) is 6.92 Å². The first-order chi connectivity index (χ1) is 8.63. The molecule has 0 saturated heterocycles. The van der Waals surface area contributed by atoms with Gasteiger partial charge in [-0.05, 0) is 41.8 Å². The standard InChI is InChI=1S/C14H14ClNO2/c1-9-6-10(4-5-12(9)17-2)11-7-13(15)16-14(8-11)18-3/h4-8H,1-3H3. The molecule has 0 saturated carbocycles. The number of benzene rings is 1. The van der Waals surface area contributed by atoms with Crippen molar-refractivity contribution in [3.05, 3.63) is 41.0 Å². The van der Waals surface area contributed by atoms with Crippen LogP contribution in [0.25, 0.3) is 11.1 Å². The van der Waals surface area contributed by atoms with E-state index in [0.29, 0.717) is 11.0 Å². The van der Waals surface area contributed by atoms with Gasteiger partial charge in [0, 0.05) is 6.07 Å². The number of aryl methyl sites for hydroxylation is 1. The summed E-state index contributed by atoms with van der Waals surface area (Å²) in [6.45, 7) is 2.00. The van der Waals surface area contributed by atoms with Crippen molar-refractivity contribution in [2.75, 3.05) is 14.2 Å². The molecule has 2 rings (SSSR count). The minimum atomic E-state index is 0.415.